The van der Waals surface area contributed by atoms with Crippen molar-refractivity contribution in [1.29, 1.82) is 0 Å². The Morgan fingerprint density at radius 2 is 1.94 bits per heavy atom. The maximum atomic E-state index is 12.2. The van der Waals surface area contributed by atoms with Crippen molar-refractivity contribution in [3.63, 3.8) is 0 Å². The number of fused-ring (bicyclic) bond motifs is 1. The summed E-state index contributed by atoms with van der Waals surface area (Å²) >= 11 is 0. The molecule has 4 nitrogen and oxygen atoms in total. The predicted octanol–water partition coefficient (Wildman–Crippen LogP) is 1.34. The summed E-state index contributed by atoms with van der Waals surface area (Å²) in [5, 5.41) is 1.93. The van der Waals surface area contributed by atoms with Gasteiger partial charge in [-0.05, 0) is 31.9 Å². The molecule has 0 bridgehead atoms. The van der Waals surface area contributed by atoms with Gasteiger partial charge in [0.25, 0.3) is 10.0 Å². The smallest absolute Gasteiger partial charge is 0.206 e. The van der Waals surface area contributed by atoms with Crippen molar-refractivity contribution in [1.82, 2.24) is 9.42 Å². The summed E-state index contributed by atoms with van der Waals surface area (Å²) in [5.41, 5.74) is 1.07. The quantitative estimate of drug-likeness (QED) is 0.730. The molecule has 0 amide bonds. The van der Waals surface area contributed by atoms with Crippen molar-refractivity contribution in [3.05, 3.63) is 29.8 Å². The Kier molecular flexibility index (Phi) is 2.11. The number of nitrogens with zero attached hydrogens (tertiary/aromatic N) is 2. The van der Waals surface area contributed by atoms with E-state index in [0.717, 1.165) is 24.9 Å². The van der Waals surface area contributed by atoms with Crippen LogP contribution in [0.3, 0.4) is 0 Å². The third kappa shape index (κ3) is 1.39. The molecule has 3 rings (SSSR count). The summed E-state index contributed by atoms with van der Waals surface area (Å²) in [6.07, 6.45) is 2.20. The maximum absolute atomic E-state index is 12.2. The van der Waals surface area contributed by atoms with Crippen LogP contribution in [0.1, 0.15) is 18.4 Å². The number of rotatable bonds is 2. The van der Waals surface area contributed by atoms with Gasteiger partial charge in [0.1, 0.15) is 6.17 Å². The molecule has 3 atom stereocenters. The van der Waals surface area contributed by atoms with E-state index in [2.05, 4.69) is 0 Å². The number of hydrogen-bond acceptors (Lipinski definition) is 3. The van der Waals surface area contributed by atoms with Gasteiger partial charge in [0.15, 0.2) is 0 Å². The highest BCUT2D eigenvalue weighted by atomic mass is 32.2. The molecule has 0 spiro atoms. The third-order valence-corrected chi connectivity index (χ3v) is 5.03. The molecule has 5 heteroatoms. The Morgan fingerprint density at radius 1 is 1.25 bits per heavy atom. The van der Waals surface area contributed by atoms with E-state index in [1.807, 2.05) is 24.1 Å². The summed E-state index contributed by atoms with van der Waals surface area (Å²) in [7, 11) is -3.28. The average Bonchev–Trinajstić information content (AvgIpc) is 2.77. The van der Waals surface area contributed by atoms with Crippen molar-refractivity contribution in [2.75, 3.05) is 6.54 Å². The summed E-state index contributed by atoms with van der Waals surface area (Å²) in [6.45, 7) is 2.82. The van der Waals surface area contributed by atoms with Crippen LogP contribution >= 0.6 is 0 Å². The maximum Gasteiger partial charge on any atom is 0.257 e. The highest BCUT2D eigenvalue weighted by molar-refractivity contribution is 7.89. The van der Waals surface area contributed by atoms with Crippen LogP contribution in [0.5, 0.6) is 0 Å². The minimum Gasteiger partial charge on any atom is -0.206 e. The largest absolute Gasteiger partial charge is 0.257 e. The van der Waals surface area contributed by atoms with E-state index in [1.165, 1.54) is 4.41 Å². The van der Waals surface area contributed by atoms with Crippen LogP contribution in [0, 0.1) is 6.92 Å². The summed E-state index contributed by atoms with van der Waals surface area (Å²) in [6, 6.07) is 7.03. The van der Waals surface area contributed by atoms with E-state index in [4.69, 9.17) is 0 Å². The zero-order valence-corrected chi connectivity index (χ0v) is 9.94. The lowest BCUT2D eigenvalue weighted by molar-refractivity contribution is 0.405. The molecule has 2 fully saturated rings. The number of sulfonamides is 1. The topological polar surface area (TPSA) is 40.2 Å². The molecule has 16 heavy (non-hydrogen) atoms. The fourth-order valence-electron chi connectivity index (χ4n) is 2.29. The average molecular weight is 238 g/mol. The van der Waals surface area contributed by atoms with Gasteiger partial charge in [0.05, 0.1) is 4.90 Å². The molecule has 2 heterocycles. The molecule has 0 radical (unpaired) electrons. The first kappa shape index (κ1) is 10.3. The van der Waals surface area contributed by atoms with Gasteiger partial charge < -0.3 is 0 Å². The zero-order valence-electron chi connectivity index (χ0n) is 9.13. The summed E-state index contributed by atoms with van der Waals surface area (Å²) in [5.74, 6) is 0. The molecule has 0 saturated carbocycles. The van der Waals surface area contributed by atoms with E-state index in [-0.39, 0.29) is 6.17 Å². The fraction of sp³-hybridized carbons (Fsp3) is 0.455. The Morgan fingerprint density at radius 3 is 2.50 bits per heavy atom. The Hall–Kier alpha value is -0.910. The van der Waals surface area contributed by atoms with Crippen molar-refractivity contribution >= 4 is 10.0 Å². The molecule has 0 aromatic heterocycles. The normalized spacial score (nSPS) is 32.4. The lowest BCUT2D eigenvalue weighted by Crippen LogP contribution is -2.19. The van der Waals surface area contributed by atoms with Crippen LogP contribution in [0.25, 0.3) is 0 Å². The molecular formula is C11H14N2O2S. The van der Waals surface area contributed by atoms with Crippen LogP contribution in [0.15, 0.2) is 29.2 Å². The minimum absolute atomic E-state index is 0.131. The van der Waals surface area contributed by atoms with Gasteiger partial charge in [0, 0.05) is 6.54 Å². The van der Waals surface area contributed by atoms with Crippen LogP contribution < -0.4 is 0 Å². The van der Waals surface area contributed by atoms with Crippen LogP contribution in [-0.2, 0) is 10.0 Å². The van der Waals surface area contributed by atoms with Gasteiger partial charge in [-0.1, -0.05) is 17.7 Å². The van der Waals surface area contributed by atoms with E-state index in [1.54, 1.807) is 12.1 Å². The first-order valence-corrected chi connectivity index (χ1v) is 6.92. The fourth-order valence-corrected chi connectivity index (χ4v) is 3.94. The molecular weight excluding hydrogens is 224 g/mol. The standard InChI is InChI=1S/C11H14N2O2S/c1-9-4-6-10(7-5-9)16(14,15)13-11-3-2-8-12(11)13/h4-7,11H,2-3,8H2,1H3. The number of aryl methyl sites for hydroxylation is 1. The Balaban J connectivity index is 1.92. The van der Waals surface area contributed by atoms with E-state index in [0.29, 0.717) is 4.90 Å². The highest BCUT2D eigenvalue weighted by Gasteiger charge is 2.55. The van der Waals surface area contributed by atoms with Gasteiger partial charge in [-0.25, -0.2) is 13.4 Å². The Labute approximate surface area is 95.5 Å². The van der Waals surface area contributed by atoms with Crippen molar-refractivity contribution in [2.45, 2.75) is 30.8 Å². The molecule has 1 aromatic carbocycles. The van der Waals surface area contributed by atoms with Gasteiger partial charge in [-0.3, -0.25) is 0 Å². The molecule has 0 aliphatic carbocycles. The second kappa shape index (κ2) is 3.29. The summed E-state index contributed by atoms with van der Waals surface area (Å²) < 4.78 is 25.9. The number of benzene rings is 1. The predicted molar refractivity (Wildman–Crippen MR) is 59.9 cm³/mol. The van der Waals surface area contributed by atoms with Gasteiger partial charge in [0.2, 0.25) is 0 Å². The van der Waals surface area contributed by atoms with Crippen molar-refractivity contribution < 1.29 is 8.42 Å². The van der Waals surface area contributed by atoms with Gasteiger partial charge in [-0.15, -0.1) is 4.41 Å². The minimum atomic E-state index is -3.28. The highest BCUT2D eigenvalue weighted by Crippen LogP contribution is 2.41. The van der Waals surface area contributed by atoms with Crippen LogP contribution in [-0.4, -0.2) is 30.6 Å². The molecule has 2 aliphatic heterocycles. The molecule has 1 aromatic rings. The number of hydrazine groups is 1. The number of hydrogen-bond donors (Lipinski definition) is 0. The lowest BCUT2D eigenvalue weighted by atomic mass is 10.2. The third-order valence-electron chi connectivity index (χ3n) is 3.21. The van der Waals surface area contributed by atoms with E-state index >= 15 is 0 Å². The molecule has 86 valence electrons. The van der Waals surface area contributed by atoms with Crippen molar-refractivity contribution in [3.8, 4) is 0 Å². The van der Waals surface area contributed by atoms with Crippen molar-refractivity contribution in [2.24, 2.45) is 0 Å². The first-order valence-electron chi connectivity index (χ1n) is 5.48. The SMILES string of the molecule is Cc1ccc(S(=O)(=O)N2C3CCCN32)cc1. The zero-order chi connectivity index (χ0) is 11.3. The monoisotopic (exact) mass is 238 g/mol. The Bertz CT molecular complexity index is 499. The second-order valence-corrected chi connectivity index (χ2v) is 6.17. The molecule has 3 unspecified atom stereocenters. The molecule has 2 saturated heterocycles. The first-order chi connectivity index (χ1) is 7.60. The lowest BCUT2D eigenvalue weighted by Gasteiger charge is -2.08. The van der Waals surface area contributed by atoms with E-state index < -0.39 is 10.0 Å². The summed E-state index contributed by atoms with van der Waals surface area (Å²) in [4.78, 5) is 0.396. The molecule has 0 N–H and O–H groups in total. The van der Waals surface area contributed by atoms with Gasteiger partial charge >= 0.3 is 0 Å². The van der Waals surface area contributed by atoms with Gasteiger partial charge in [-0.2, -0.15) is 0 Å². The second-order valence-electron chi connectivity index (χ2n) is 4.38. The van der Waals surface area contributed by atoms with E-state index in [9.17, 15) is 8.42 Å². The van der Waals surface area contributed by atoms with Crippen LogP contribution in [0.4, 0.5) is 0 Å². The van der Waals surface area contributed by atoms with Crippen LogP contribution in [0.2, 0.25) is 0 Å². The molecule has 2 aliphatic rings.